The lowest BCUT2D eigenvalue weighted by Gasteiger charge is -1.78. The van der Waals surface area contributed by atoms with Crippen LogP contribution in [0, 0.1) is 0 Å². The molecule has 0 aromatic carbocycles. The van der Waals surface area contributed by atoms with Crippen LogP contribution in [0.25, 0.3) is 0 Å². The quantitative estimate of drug-likeness (QED) is 0.469. The lowest BCUT2D eigenvalue weighted by Crippen LogP contribution is -1.87. The zero-order valence-corrected chi connectivity index (χ0v) is 5.80. The zero-order chi connectivity index (χ0) is 7.33. The minimum Gasteiger partial charge on any atom is -0.282 e. The van der Waals surface area contributed by atoms with E-state index in [2.05, 4.69) is 0 Å². The van der Waals surface area contributed by atoms with Gasteiger partial charge in [0.15, 0.2) is 0 Å². The van der Waals surface area contributed by atoms with E-state index in [9.17, 15) is 8.42 Å². The molecule has 0 aliphatic heterocycles. The molecule has 0 atom stereocenters. The Labute approximate surface area is 54.4 Å². The molecule has 0 aliphatic rings. The monoisotopic (exact) mass is 148 g/mol. The van der Waals surface area contributed by atoms with Gasteiger partial charge in [-0.25, -0.2) is 0 Å². The van der Waals surface area contributed by atoms with Gasteiger partial charge >= 0.3 is 0 Å². The van der Waals surface area contributed by atoms with E-state index in [0.717, 1.165) is 0 Å². The molecule has 0 rings (SSSR count). The summed E-state index contributed by atoms with van der Waals surface area (Å²) in [5, 5.41) is 0.715. The molecule has 4 heteroatoms. The average molecular weight is 148 g/mol. The van der Waals surface area contributed by atoms with Crippen molar-refractivity contribution in [2.75, 3.05) is 0 Å². The maximum Gasteiger partial charge on any atom is 0.287 e. The van der Waals surface area contributed by atoms with Crippen LogP contribution in [0.2, 0.25) is 0 Å². The Hall–Kier alpha value is -0.610. The van der Waals surface area contributed by atoms with Crippen molar-refractivity contribution >= 4 is 10.1 Å². The minimum atomic E-state index is -3.93. The van der Waals surface area contributed by atoms with Crippen molar-refractivity contribution in [2.45, 2.75) is 6.92 Å². The highest BCUT2D eigenvalue weighted by atomic mass is 32.2. The Kier molecular flexibility index (Phi) is 3.19. The molecule has 0 saturated carbocycles. The van der Waals surface area contributed by atoms with Crippen LogP contribution in [0.1, 0.15) is 6.92 Å². The summed E-state index contributed by atoms with van der Waals surface area (Å²) in [7, 11) is -3.93. The lowest BCUT2D eigenvalue weighted by molar-refractivity contribution is 0.494. The number of rotatable bonds is 2. The third kappa shape index (κ3) is 7.39. The van der Waals surface area contributed by atoms with Crippen molar-refractivity contribution in [1.82, 2.24) is 0 Å². The molecule has 0 amide bonds. The van der Waals surface area contributed by atoms with E-state index in [1.165, 1.54) is 12.2 Å². The second-order valence-electron chi connectivity index (χ2n) is 1.37. The number of allylic oxidation sites excluding steroid dienone is 3. The lowest BCUT2D eigenvalue weighted by atomic mass is 10.5. The molecular formula is C5H8O3S. The Morgan fingerprint density at radius 2 is 1.89 bits per heavy atom. The molecule has 0 unspecified atom stereocenters. The first kappa shape index (κ1) is 8.39. The van der Waals surface area contributed by atoms with Gasteiger partial charge in [-0.05, 0) is 13.0 Å². The van der Waals surface area contributed by atoms with Crippen molar-refractivity contribution in [2.24, 2.45) is 0 Å². The molecule has 0 radical (unpaired) electrons. The second-order valence-corrected chi connectivity index (χ2v) is 2.67. The third-order valence-electron chi connectivity index (χ3n) is 0.554. The highest BCUT2D eigenvalue weighted by molar-refractivity contribution is 7.88. The molecule has 0 saturated heterocycles. The Bertz CT molecular complexity index is 210. The van der Waals surface area contributed by atoms with Gasteiger partial charge in [-0.2, -0.15) is 8.42 Å². The maximum atomic E-state index is 9.94. The van der Waals surface area contributed by atoms with Gasteiger partial charge < -0.3 is 0 Å². The number of hydrogen-bond acceptors (Lipinski definition) is 2. The van der Waals surface area contributed by atoms with E-state index >= 15 is 0 Å². The van der Waals surface area contributed by atoms with Gasteiger partial charge in [0.1, 0.15) is 0 Å². The van der Waals surface area contributed by atoms with Crippen LogP contribution in [0.15, 0.2) is 23.6 Å². The highest BCUT2D eigenvalue weighted by Crippen LogP contribution is 1.84. The number of hydrogen-bond donors (Lipinski definition) is 1. The van der Waals surface area contributed by atoms with Crippen LogP contribution in [-0.4, -0.2) is 13.0 Å². The molecule has 1 N–H and O–H groups in total. The van der Waals surface area contributed by atoms with Gasteiger partial charge in [-0.15, -0.1) is 0 Å². The molecule has 52 valence electrons. The summed E-state index contributed by atoms with van der Waals surface area (Å²) in [5.74, 6) is 0. The third-order valence-corrected chi connectivity index (χ3v) is 1.06. The van der Waals surface area contributed by atoms with Crippen LogP contribution >= 0.6 is 0 Å². The van der Waals surface area contributed by atoms with E-state index in [1.54, 1.807) is 13.0 Å². The van der Waals surface area contributed by atoms with Crippen molar-refractivity contribution in [3.05, 3.63) is 23.6 Å². The van der Waals surface area contributed by atoms with Crippen molar-refractivity contribution in [3.63, 3.8) is 0 Å². The topological polar surface area (TPSA) is 54.4 Å². The van der Waals surface area contributed by atoms with Crippen molar-refractivity contribution in [1.29, 1.82) is 0 Å². The summed E-state index contributed by atoms with van der Waals surface area (Å²) in [6.07, 6.45) is 4.41. The summed E-state index contributed by atoms with van der Waals surface area (Å²) in [4.78, 5) is 0. The summed E-state index contributed by atoms with van der Waals surface area (Å²) in [6, 6.07) is 0. The highest BCUT2D eigenvalue weighted by Gasteiger charge is 1.90. The van der Waals surface area contributed by atoms with Gasteiger partial charge in [0.25, 0.3) is 10.1 Å². The normalized spacial score (nSPS) is 13.6. The van der Waals surface area contributed by atoms with E-state index in [1.807, 2.05) is 0 Å². The van der Waals surface area contributed by atoms with E-state index < -0.39 is 10.1 Å². The van der Waals surface area contributed by atoms with E-state index in [4.69, 9.17) is 4.55 Å². The molecule has 0 aromatic rings. The van der Waals surface area contributed by atoms with Crippen molar-refractivity contribution < 1.29 is 13.0 Å². The van der Waals surface area contributed by atoms with Crippen LogP contribution in [0.4, 0.5) is 0 Å². The molecular weight excluding hydrogens is 140 g/mol. The summed E-state index contributed by atoms with van der Waals surface area (Å²) in [6.45, 7) is 1.74. The van der Waals surface area contributed by atoms with E-state index in [0.29, 0.717) is 5.41 Å². The SMILES string of the molecule is CC=CC=CS(=O)(=O)O. The van der Waals surface area contributed by atoms with Crippen LogP contribution in [0.3, 0.4) is 0 Å². The largest absolute Gasteiger partial charge is 0.287 e. The molecule has 9 heavy (non-hydrogen) atoms. The van der Waals surface area contributed by atoms with Gasteiger partial charge in [0.2, 0.25) is 0 Å². The second kappa shape index (κ2) is 3.42. The van der Waals surface area contributed by atoms with Crippen LogP contribution in [0.5, 0.6) is 0 Å². The zero-order valence-electron chi connectivity index (χ0n) is 4.98. The van der Waals surface area contributed by atoms with Crippen LogP contribution < -0.4 is 0 Å². The summed E-state index contributed by atoms with van der Waals surface area (Å²) < 4.78 is 28.0. The first-order chi connectivity index (χ1) is 4.06. The first-order valence-electron chi connectivity index (χ1n) is 2.33. The fraction of sp³-hybridized carbons (Fsp3) is 0.200. The summed E-state index contributed by atoms with van der Waals surface area (Å²) >= 11 is 0. The summed E-state index contributed by atoms with van der Waals surface area (Å²) in [5.41, 5.74) is 0. The molecule has 0 fully saturated rings. The standard InChI is InChI=1S/C5H8O3S/c1-2-3-4-5-9(6,7)8/h2-5H,1H3,(H,6,7,8). The molecule has 3 nitrogen and oxygen atoms in total. The fourth-order valence-corrected chi connectivity index (χ4v) is 0.545. The molecule has 0 aromatic heterocycles. The molecule has 0 spiro atoms. The maximum absolute atomic E-state index is 9.94. The Balaban J connectivity index is 4.03. The predicted octanol–water partition coefficient (Wildman–Crippen LogP) is 0.964. The first-order valence-corrected chi connectivity index (χ1v) is 3.83. The Morgan fingerprint density at radius 3 is 2.22 bits per heavy atom. The van der Waals surface area contributed by atoms with Crippen LogP contribution in [-0.2, 0) is 10.1 Å². The average Bonchev–Trinajstić information content (AvgIpc) is 1.63. The molecule has 0 bridgehead atoms. The van der Waals surface area contributed by atoms with E-state index in [-0.39, 0.29) is 0 Å². The minimum absolute atomic E-state index is 0.715. The Morgan fingerprint density at radius 1 is 1.33 bits per heavy atom. The van der Waals surface area contributed by atoms with Gasteiger partial charge in [-0.3, -0.25) is 4.55 Å². The van der Waals surface area contributed by atoms with Gasteiger partial charge in [-0.1, -0.05) is 12.2 Å². The fourth-order valence-electron chi connectivity index (χ4n) is 0.256. The predicted molar refractivity (Wildman–Crippen MR) is 35.5 cm³/mol. The molecule has 0 heterocycles. The molecule has 0 aliphatic carbocycles. The van der Waals surface area contributed by atoms with Crippen molar-refractivity contribution in [3.8, 4) is 0 Å². The van der Waals surface area contributed by atoms with Gasteiger partial charge in [0, 0.05) is 0 Å². The van der Waals surface area contributed by atoms with Gasteiger partial charge in [0.05, 0.1) is 5.41 Å². The smallest absolute Gasteiger partial charge is 0.282 e.